The molecule has 0 aliphatic heterocycles. The van der Waals surface area contributed by atoms with Crippen LogP contribution in [0.2, 0.25) is 0 Å². The van der Waals surface area contributed by atoms with Gasteiger partial charge in [0.25, 0.3) is 0 Å². The minimum Gasteiger partial charge on any atom is -0.317 e. The Labute approximate surface area is 157 Å². The molecule has 0 bridgehead atoms. The van der Waals surface area contributed by atoms with Crippen molar-refractivity contribution < 1.29 is 4.79 Å². The van der Waals surface area contributed by atoms with Crippen LogP contribution in [-0.4, -0.2) is 17.0 Å². The van der Waals surface area contributed by atoms with Gasteiger partial charge in [0.1, 0.15) is 0 Å². The van der Waals surface area contributed by atoms with Gasteiger partial charge in [0.2, 0.25) is 0 Å². The molecule has 1 unspecified atom stereocenters. The van der Waals surface area contributed by atoms with Crippen molar-refractivity contribution in [2.45, 2.75) is 59.0 Å². The van der Waals surface area contributed by atoms with E-state index in [9.17, 15) is 4.79 Å². The van der Waals surface area contributed by atoms with E-state index in [1.54, 1.807) is 0 Å². The van der Waals surface area contributed by atoms with E-state index in [0.29, 0.717) is 12.5 Å². The highest BCUT2D eigenvalue weighted by Gasteiger charge is 2.34. The fraction of sp³-hybridized carbons (Fsp3) is 0.435. The van der Waals surface area contributed by atoms with Crippen LogP contribution in [0.5, 0.6) is 0 Å². The lowest BCUT2D eigenvalue weighted by atomic mass is 10.0. The van der Waals surface area contributed by atoms with E-state index in [0.717, 1.165) is 18.5 Å². The topological polar surface area (TPSA) is 32.3 Å². The van der Waals surface area contributed by atoms with Crippen LogP contribution in [0.15, 0.2) is 48.5 Å². The van der Waals surface area contributed by atoms with Crippen molar-refractivity contribution in [3.8, 4) is 0 Å². The quantitative estimate of drug-likeness (QED) is 0.688. The molecule has 2 aromatic rings. The zero-order valence-corrected chi connectivity index (χ0v) is 16.2. The molecule has 3 rings (SSSR count). The van der Waals surface area contributed by atoms with Crippen LogP contribution in [0.1, 0.15) is 50.3 Å². The van der Waals surface area contributed by atoms with Crippen LogP contribution in [0.25, 0.3) is 0 Å². The van der Waals surface area contributed by atoms with Crippen LogP contribution < -0.4 is 5.32 Å². The Bertz CT molecular complexity index is 715. The van der Waals surface area contributed by atoms with Gasteiger partial charge in [-0.1, -0.05) is 62.4 Å². The number of carbonyl (C=O) groups is 1. The van der Waals surface area contributed by atoms with Crippen molar-refractivity contribution in [3.05, 3.63) is 65.2 Å². The molecular weight excluding hydrogens is 320 g/mol. The van der Waals surface area contributed by atoms with E-state index >= 15 is 0 Å². The molecule has 1 aliphatic carbocycles. The summed E-state index contributed by atoms with van der Waals surface area (Å²) in [5, 5.41) is 3.25. The molecule has 138 valence electrons. The second-order valence-electron chi connectivity index (χ2n) is 7.28. The highest BCUT2D eigenvalue weighted by molar-refractivity contribution is 5.91. The number of nitrogens with one attached hydrogen (secondary N) is 1. The molecule has 3 nitrogen and oxygen atoms in total. The summed E-state index contributed by atoms with van der Waals surface area (Å²) in [6.45, 7) is 7.12. The van der Waals surface area contributed by atoms with Gasteiger partial charge < -0.3 is 10.2 Å². The Morgan fingerprint density at radius 2 is 1.65 bits per heavy atom. The Morgan fingerprint density at radius 1 is 1.04 bits per heavy atom. The lowest BCUT2D eigenvalue weighted by Gasteiger charge is -2.30. The molecule has 0 saturated heterocycles. The summed E-state index contributed by atoms with van der Waals surface area (Å²) in [6, 6.07) is 16.9. The maximum Gasteiger partial charge on any atom is 0.322 e. The molecule has 1 fully saturated rings. The zero-order valence-electron chi connectivity index (χ0n) is 16.2. The van der Waals surface area contributed by atoms with E-state index in [1.807, 2.05) is 23.1 Å². The average Bonchev–Trinajstić information content (AvgIpc) is 3.51. The molecule has 0 aromatic heterocycles. The molecule has 0 heterocycles. The fourth-order valence-electron chi connectivity index (χ4n) is 3.60. The van der Waals surface area contributed by atoms with Crippen LogP contribution in [0.4, 0.5) is 10.5 Å². The summed E-state index contributed by atoms with van der Waals surface area (Å²) >= 11 is 0. The molecule has 3 heteroatoms. The third-order valence-electron chi connectivity index (χ3n) is 5.48. The molecule has 1 aliphatic rings. The predicted octanol–water partition coefficient (Wildman–Crippen LogP) is 5.64. The van der Waals surface area contributed by atoms with Crippen molar-refractivity contribution >= 4 is 11.7 Å². The summed E-state index contributed by atoms with van der Waals surface area (Å²) in [6.07, 6.45) is 4.29. The Hall–Kier alpha value is -2.29. The summed E-state index contributed by atoms with van der Waals surface area (Å²) in [4.78, 5) is 15.3. The maximum absolute atomic E-state index is 13.2. The predicted molar refractivity (Wildman–Crippen MR) is 108 cm³/mol. The van der Waals surface area contributed by atoms with Gasteiger partial charge in [-0.05, 0) is 55.2 Å². The highest BCUT2D eigenvalue weighted by Crippen LogP contribution is 2.36. The van der Waals surface area contributed by atoms with Crippen molar-refractivity contribution in [2.24, 2.45) is 5.92 Å². The summed E-state index contributed by atoms with van der Waals surface area (Å²) in [7, 11) is 0. The number of para-hydroxylation sites is 1. The van der Waals surface area contributed by atoms with E-state index in [-0.39, 0.29) is 12.1 Å². The van der Waals surface area contributed by atoms with Crippen molar-refractivity contribution in [1.29, 1.82) is 0 Å². The molecule has 0 radical (unpaired) electrons. The number of urea groups is 1. The van der Waals surface area contributed by atoms with E-state index in [4.69, 9.17) is 0 Å². The minimum absolute atomic E-state index is 0.0175. The first-order chi connectivity index (χ1) is 12.6. The number of amides is 2. The van der Waals surface area contributed by atoms with Crippen LogP contribution in [0.3, 0.4) is 0 Å². The van der Waals surface area contributed by atoms with Gasteiger partial charge in [-0.3, -0.25) is 0 Å². The number of hydrogen-bond acceptors (Lipinski definition) is 1. The maximum atomic E-state index is 13.2. The van der Waals surface area contributed by atoms with Crippen molar-refractivity contribution in [1.82, 2.24) is 4.90 Å². The monoisotopic (exact) mass is 350 g/mol. The van der Waals surface area contributed by atoms with Crippen LogP contribution >= 0.6 is 0 Å². The molecule has 2 aromatic carbocycles. The summed E-state index contributed by atoms with van der Waals surface area (Å²) in [5.74, 6) is 0.636. The number of rotatable bonds is 7. The molecule has 1 atom stereocenters. The molecular formula is C23H30N2O. The largest absolute Gasteiger partial charge is 0.322 e. The molecule has 1 saturated carbocycles. The Kier molecular flexibility index (Phi) is 5.97. The van der Waals surface area contributed by atoms with E-state index < -0.39 is 0 Å². The SMILES string of the molecule is CCc1cccc(CC)c1NC(=O)N(Cc1ccccc1)C(C)C1CC1. The van der Waals surface area contributed by atoms with Crippen LogP contribution in [0, 0.1) is 5.92 Å². The van der Waals surface area contributed by atoms with Crippen molar-refractivity contribution in [2.75, 3.05) is 5.32 Å². The average molecular weight is 351 g/mol. The van der Waals surface area contributed by atoms with E-state index in [2.05, 4.69) is 56.4 Å². The number of nitrogens with zero attached hydrogens (tertiary/aromatic N) is 1. The third-order valence-corrected chi connectivity index (χ3v) is 5.48. The third kappa shape index (κ3) is 4.27. The summed E-state index contributed by atoms with van der Waals surface area (Å²) in [5.41, 5.74) is 4.59. The van der Waals surface area contributed by atoms with Crippen molar-refractivity contribution in [3.63, 3.8) is 0 Å². The molecule has 2 amide bonds. The lowest BCUT2D eigenvalue weighted by Crippen LogP contribution is -2.42. The Balaban J connectivity index is 1.84. The number of hydrogen-bond donors (Lipinski definition) is 1. The Morgan fingerprint density at radius 3 is 2.19 bits per heavy atom. The van der Waals surface area contributed by atoms with Gasteiger partial charge in [-0.2, -0.15) is 0 Å². The first-order valence-electron chi connectivity index (χ1n) is 9.86. The first kappa shape index (κ1) is 18.5. The van der Waals surface area contributed by atoms with Gasteiger partial charge in [-0.25, -0.2) is 4.79 Å². The van der Waals surface area contributed by atoms with Crippen LogP contribution in [-0.2, 0) is 19.4 Å². The molecule has 0 spiro atoms. The second kappa shape index (κ2) is 8.39. The number of aryl methyl sites for hydroxylation is 2. The zero-order chi connectivity index (χ0) is 18.5. The van der Waals surface area contributed by atoms with Gasteiger partial charge in [-0.15, -0.1) is 0 Å². The number of benzene rings is 2. The minimum atomic E-state index is 0.0175. The number of carbonyl (C=O) groups excluding carboxylic acids is 1. The smallest absolute Gasteiger partial charge is 0.317 e. The van der Waals surface area contributed by atoms with Gasteiger partial charge >= 0.3 is 6.03 Å². The summed E-state index contributed by atoms with van der Waals surface area (Å²) < 4.78 is 0. The lowest BCUT2D eigenvalue weighted by molar-refractivity contribution is 0.180. The second-order valence-corrected chi connectivity index (χ2v) is 7.28. The fourth-order valence-corrected chi connectivity index (χ4v) is 3.60. The standard InChI is InChI=1S/C23H30N2O/c1-4-19-12-9-13-20(5-2)22(19)24-23(26)25(17(3)21-14-15-21)16-18-10-7-6-8-11-18/h6-13,17,21H,4-5,14-16H2,1-3H3,(H,24,26). The first-order valence-corrected chi connectivity index (χ1v) is 9.86. The molecule has 1 N–H and O–H groups in total. The normalized spacial score (nSPS) is 14.7. The number of anilines is 1. The van der Waals surface area contributed by atoms with E-state index in [1.165, 1.54) is 29.5 Å². The van der Waals surface area contributed by atoms with Gasteiger partial charge in [0.15, 0.2) is 0 Å². The highest BCUT2D eigenvalue weighted by atomic mass is 16.2. The molecule has 26 heavy (non-hydrogen) atoms. The van der Waals surface area contributed by atoms with Gasteiger partial charge in [0, 0.05) is 18.3 Å². The van der Waals surface area contributed by atoms with Gasteiger partial charge in [0.05, 0.1) is 0 Å².